The maximum Gasteiger partial charge on any atom is 0.187 e. The highest BCUT2D eigenvalue weighted by Crippen LogP contribution is 2.42. The quantitative estimate of drug-likeness (QED) is 0.712. The normalized spacial score (nSPS) is 35.5. The maximum absolute atomic E-state index is 11.5. The number of fused-ring (bicyclic) bond motifs is 1. The molecule has 0 aromatic carbocycles. The number of hydrogen-bond donors (Lipinski definition) is 1. The summed E-state index contributed by atoms with van der Waals surface area (Å²) in [5.74, 6) is 0. The number of rotatable bonds is 1. The fourth-order valence-corrected chi connectivity index (χ4v) is 5.63. The molecule has 2 N–H and O–H groups in total. The summed E-state index contributed by atoms with van der Waals surface area (Å²) < 4.78 is 22.5. The van der Waals surface area contributed by atoms with Crippen molar-refractivity contribution in [1.29, 1.82) is 0 Å². The van der Waals surface area contributed by atoms with Crippen molar-refractivity contribution in [2.75, 3.05) is 6.26 Å². The summed E-state index contributed by atoms with van der Waals surface area (Å²) in [6.07, 6.45) is 1.85. The molecule has 2 aliphatic rings. The van der Waals surface area contributed by atoms with Gasteiger partial charge in [0.2, 0.25) is 0 Å². The summed E-state index contributed by atoms with van der Waals surface area (Å²) in [4.78, 5) is 4.88. The molecule has 2 aliphatic heterocycles. The first-order chi connectivity index (χ1) is 6.04. The summed E-state index contributed by atoms with van der Waals surface area (Å²) in [6, 6.07) is -0.259. The van der Waals surface area contributed by atoms with Crippen LogP contribution in [0.3, 0.4) is 0 Å². The average molecular weight is 236 g/mol. The Kier molecular flexibility index (Phi) is 2.12. The van der Waals surface area contributed by atoms with Crippen LogP contribution in [0.25, 0.3) is 0 Å². The number of nitrogens with two attached hydrogens (primary N) is 1. The van der Waals surface area contributed by atoms with Crippen molar-refractivity contribution in [2.45, 2.75) is 10.6 Å². The van der Waals surface area contributed by atoms with Crippen molar-refractivity contribution in [3.8, 4) is 0 Å². The van der Waals surface area contributed by atoms with Crippen molar-refractivity contribution in [2.24, 2.45) is 10.7 Å². The van der Waals surface area contributed by atoms with Crippen LogP contribution in [0.2, 0.25) is 0 Å². The number of thioether (sulfide) groups is 2. The van der Waals surface area contributed by atoms with Gasteiger partial charge in [-0.1, -0.05) is 11.8 Å². The van der Waals surface area contributed by atoms with Gasteiger partial charge >= 0.3 is 0 Å². The SMILES string of the molecule is CSC1=CS(=O)(=O)[C@@H]2SC(N)=N[C@H]12. The zero-order valence-electron chi connectivity index (χ0n) is 6.80. The number of amidine groups is 1. The topological polar surface area (TPSA) is 72.5 Å². The lowest BCUT2D eigenvalue weighted by atomic mass is 10.3. The van der Waals surface area contributed by atoms with E-state index in [-0.39, 0.29) is 6.04 Å². The third-order valence-corrected chi connectivity index (χ3v) is 6.29. The highest BCUT2D eigenvalue weighted by atomic mass is 32.3. The smallest absolute Gasteiger partial charge is 0.187 e. The van der Waals surface area contributed by atoms with E-state index in [2.05, 4.69) is 4.99 Å². The van der Waals surface area contributed by atoms with Crippen LogP contribution >= 0.6 is 23.5 Å². The molecule has 0 aromatic rings. The van der Waals surface area contributed by atoms with Gasteiger partial charge in [-0.25, -0.2) is 8.42 Å². The second kappa shape index (κ2) is 2.93. The van der Waals surface area contributed by atoms with E-state index in [4.69, 9.17) is 5.73 Å². The molecule has 2 atom stereocenters. The number of nitrogens with zero attached hydrogens (tertiary/aromatic N) is 1. The van der Waals surface area contributed by atoms with Gasteiger partial charge in [-0.15, -0.1) is 11.8 Å². The fraction of sp³-hybridized carbons (Fsp3) is 0.500. The standard InChI is InChI=1S/C6H8N2O2S3/c1-11-3-2-13(9,10)5-4(3)8-6(7)12-5/h2,4-5H,1H3,(H2,7,8)/t4-,5+/m1/s1. The molecule has 0 spiro atoms. The van der Waals surface area contributed by atoms with Gasteiger partial charge in [0.15, 0.2) is 15.0 Å². The molecule has 0 unspecified atom stereocenters. The lowest BCUT2D eigenvalue weighted by Gasteiger charge is -2.06. The van der Waals surface area contributed by atoms with Crippen molar-refractivity contribution < 1.29 is 8.42 Å². The van der Waals surface area contributed by atoms with E-state index in [0.717, 1.165) is 16.7 Å². The minimum Gasteiger partial charge on any atom is -0.378 e. The highest BCUT2D eigenvalue weighted by molar-refractivity contribution is 8.24. The average Bonchev–Trinajstić information content (AvgIpc) is 2.51. The van der Waals surface area contributed by atoms with Crippen LogP contribution in [-0.4, -0.2) is 30.5 Å². The first-order valence-electron chi connectivity index (χ1n) is 3.54. The van der Waals surface area contributed by atoms with Gasteiger partial charge in [0, 0.05) is 10.3 Å². The lowest BCUT2D eigenvalue weighted by molar-refractivity contribution is 0.602. The van der Waals surface area contributed by atoms with Gasteiger partial charge in [-0.05, 0) is 6.26 Å². The summed E-state index contributed by atoms with van der Waals surface area (Å²) in [5.41, 5.74) is 5.48. The maximum atomic E-state index is 11.5. The van der Waals surface area contributed by atoms with Gasteiger partial charge in [0.05, 0.1) is 0 Å². The Hall–Kier alpha value is -0.140. The van der Waals surface area contributed by atoms with Crippen LogP contribution in [0.4, 0.5) is 0 Å². The third kappa shape index (κ3) is 1.38. The van der Waals surface area contributed by atoms with E-state index >= 15 is 0 Å². The Morgan fingerprint density at radius 2 is 2.38 bits per heavy atom. The van der Waals surface area contributed by atoms with Gasteiger partial charge < -0.3 is 5.73 Å². The zero-order valence-corrected chi connectivity index (χ0v) is 9.25. The van der Waals surface area contributed by atoms with Crippen LogP contribution in [0, 0.1) is 0 Å². The van der Waals surface area contributed by atoms with Gasteiger partial charge in [-0.3, -0.25) is 4.99 Å². The molecule has 0 radical (unpaired) electrons. The molecule has 0 saturated heterocycles. The number of sulfone groups is 1. The van der Waals surface area contributed by atoms with Crippen molar-refractivity contribution in [3.63, 3.8) is 0 Å². The van der Waals surface area contributed by atoms with Crippen molar-refractivity contribution in [1.82, 2.24) is 0 Å². The number of hydrogen-bond acceptors (Lipinski definition) is 6. The van der Waals surface area contributed by atoms with Crippen LogP contribution in [0.15, 0.2) is 15.3 Å². The van der Waals surface area contributed by atoms with Gasteiger partial charge in [-0.2, -0.15) is 0 Å². The van der Waals surface area contributed by atoms with Crippen molar-refractivity contribution >= 4 is 38.5 Å². The first kappa shape index (κ1) is 9.42. The Labute approximate surface area is 85.0 Å². The second-order valence-electron chi connectivity index (χ2n) is 2.71. The monoisotopic (exact) mass is 236 g/mol. The molecule has 2 rings (SSSR count). The van der Waals surface area contributed by atoms with Gasteiger partial charge in [0.1, 0.15) is 10.6 Å². The molecule has 0 bridgehead atoms. The summed E-state index contributed by atoms with van der Waals surface area (Å²) >= 11 is 2.56. The molecule has 0 saturated carbocycles. The minimum absolute atomic E-state index is 0.259. The highest BCUT2D eigenvalue weighted by Gasteiger charge is 2.45. The molecule has 2 heterocycles. The van der Waals surface area contributed by atoms with Gasteiger partial charge in [0.25, 0.3) is 0 Å². The molecule has 0 fully saturated rings. The van der Waals surface area contributed by atoms with E-state index in [1.54, 1.807) is 0 Å². The molecule has 7 heteroatoms. The fourth-order valence-electron chi connectivity index (χ4n) is 1.32. The molecule has 4 nitrogen and oxygen atoms in total. The van der Waals surface area contributed by atoms with E-state index in [1.165, 1.54) is 17.2 Å². The first-order valence-corrected chi connectivity index (χ1v) is 7.25. The Bertz CT molecular complexity index is 398. The summed E-state index contributed by atoms with van der Waals surface area (Å²) in [6.45, 7) is 0. The summed E-state index contributed by atoms with van der Waals surface area (Å²) in [5, 5.41) is 1.69. The Balaban J connectivity index is 2.44. The van der Waals surface area contributed by atoms with Crippen LogP contribution in [0.5, 0.6) is 0 Å². The molecular formula is C6H8N2O2S3. The molecule has 13 heavy (non-hydrogen) atoms. The van der Waals surface area contributed by atoms with Crippen LogP contribution < -0.4 is 5.73 Å². The lowest BCUT2D eigenvalue weighted by Crippen LogP contribution is -2.19. The van der Waals surface area contributed by atoms with E-state index in [9.17, 15) is 8.42 Å². The van der Waals surface area contributed by atoms with E-state index in [0.29, 0.717) is 5.17 Å². The molecule has 72 valence electrons. The third-order valence-electron chi connectivity index (χ3n) is 1.89. The van der Waals surface area contributed by atoms with Crippen LogP contribution in [-0.2, 0) is 9.84 Å². The zero-order chi connectivity index (χ0) is 9.64. The molecule has 0 aliphatic carbocycles. The Morgan fingerprint density at radius 3 is 3.00 bits per heavy atom. The second-order valence-corrected chi connectivity index (χ2v) is 6.97. The van der Waals surface area contributed by atoms with Crippen molar-refractivity contribution in [3.05, 3.63) is 10.3 Å². The predicted octanol–water partition coefficient (Wildman–Crippen LogP) is 0.375. The molecular weight excluding hydrogens is 228 g/mol. The molecule has 0 aromatic heterocycles. The predicted molar refractivity (Wildman–Crippen MR) is 57.3 cm³/mol. The Morgan fingerprint density at radius 1 is 1.69 bits per heavy atom. The van der Waals surface area contributed by atoms with E-state index < -0.39 is 14.4 Å². The number of aliphatic imine (C=N–C) groups is 1. The van der Waals surface area contributed by atoms with E-state index in [1.807, 2.05) is 6.26 Å². The van der Waals surface area contributed by atoms with Crippen LogP contribution in [0.1, 0.15) is 0 Å². The molecule has 0 amide bonds. The summed E-state index contributed by atoms with van der Waals surface area (Å²) in [7, 11) is -3.13. The largest absolute Gasteiger partial charge is 0.378 e. The minimum atomic E-state index is -3.13.